The van der Waals surface area contributed by atoms with Crippen LogP contribution in [0, 0.1) is 13.5 Å². The van der Waals surface area contributed by atoms with Crippen LogP contribution in [0.25, 0.3) is 21.7 Å². The predicted molar refractivity (Wildman–Crippen MR) is 108 cm³/mol. The molecule has 0 bridgehead atoms. The molecule has 0 aliphatic heterocycles. The molecule has 3 heterocycles. The zero-order valence-electron chi connectivity index (χ0n) is 15.5. The lowest BCUT2D eigenvalue weighted by Gasteiger charge is -2.19. The fourth-order valence-corrected chi connectivity index (χ4v) is 3.08. The lowest BCUT2D eigenvalue weighted by atomic mass is 10.0. The fraction of sp³-hybridized carbons (Fsp3) is 0.150. The summed E-state index contributed by atoms with van der Waals surface area (Å²) in [6, 6.07) is 11.8. The minimum Gasteiger partial charge on any atom is -0.392 e. The van der Waals surface area contributed by atoms with Crippen LogP contribution in [-0.2, 0) is 0 Å². The van der Waals surface area contributed by atoms with Gasteiger partial charge in [-0.15, -0.1) is 0 Å². The zero-order chi connectivity index (χ0) is 19.7. The molecule has 3 N–H and O–H groups in total. The molecular formula is C20H18N8. The molecule has 3 aromatic heterocycles. The van der Waals surface area contributed by atoms with E-state index in [4.69, 9.17) is 17.4 Å². The monoisotopic (exact) mass is 370 g/mol. The Balaban J connectivity index is 1.83. The van der Waals surface area contributed by atoms with Gasteiger partial charge in [-0.25, -0.2) is 24.3 Å². The molecule has 0 amide bonds. The highest BCUT2D eigenvalue weighted by Gasteiger charge is 2.19. The Morgan fingerprint density at radius 1 is 1.18 bits per heavy atom. The number of nitrogens with one attached hydrogen (secondary N) is 1. The van der Waals surface area contributed by atoms with Crippen LogP contribution in [0.3, 0.4) is 0 Å². The minimum absolute atomic E-state index is 0.153. The molecule has 0 saturated carbocycles. The third kappa shape index (κ3) is 2.99. The lowest BCUT2D eigenvalue weighted by molar-refractivity contribution is 0.832. The highest BCUT2D eigenvalue weighted by molar-refractivity contribution is 5.76. The molecule has 0 unspecified atom stereocenters. The number of anilines is 2. The predicted octanol–water partition coefficient (Wildman–Crippen LogP) is 3.80. The molecule has 8 nitrogen and oxygen atoms in total. The standard InChI is InChI=1S/C20H18N8/c1-12-10-23-16-9-15(17(27-28(12)16)14-7-5-4-6-8-14)13(2)26-20-18(22-3)19(21)24-11-25-20/h4-11,13H,1-2H3,(H3,21,24,25,26)/t13-/m0/s1. The van der Waals surface area contributed by atoms with Gasteiger partial charge in [0.2, 0.25) is 0 Å². The number of fused-ring (bicyclic) bond motifs is 1. The summed E-state index contributed by atoms with van der Waals surface area (Å²) in [5.41, 5.74) is 10.5. The van der Waals surface area contributed by atoms with E-state index >= 15 is 0 Å². The van der Waals surface area contributed by atoms with Crippen LogP contribution >= 0.6 is 0 Å². The molecular weight excluding hydrogens is 352 g/mol. The number of nitrogens with zero attached hydrogens (tertiary/aromatic N) is 6. The lowest BCUT2D eigenvalue weighted by Crippen LogP contribution is -2.12. The Kier molecular flexibility index (Phi) is 4.33. The molecule has 1 atom stereocenters. The SMILES string of the molecule is [C-]#[N+]c1c(N)ncnc1N[C@@H](C)c1cc2ncc(C)n2nc1-c1ccccc1. The normalized spacial score (nSPS) is 11.9. The van der Waals surface area contributed by atoms with E-state index in [1.54, 1.807) is 6.20 Å². The van der Waals surface area contributed by atoms with Gasteiger partial charge in [0.15, 0.2) is 5.65 Å². The van der Waals surface area contributed by atoms with Crippen LogP contribution in [0.15, 0.2) is 48.9 Å². The van der Waals surface area contributed by atoms with Gasteiger partial charge in [-0.1, -0.05) is 30.3 Å². The molecule has 4 aromatic rings. The van der Waals surface area contributed by atoms with E-state index in [1.165, 1.54) is 6.33 Å². The average molecular weight is 370 g/mol. The number of nitrogen functional groups attached to an aromatic ring is 1. The number of aromatic nitrogens is 5. The van der Waals surface area contributed by atoms with E-state index < -0.39 is 0 Å². The summed E-state index contributed by atoms with van der Waals surface area (Å²) in [7, 11) is 0. The fourth-order valence-electron chi connectivity index (χ4n) is 3.08. The Bertz CT molecular complexity index is 1190. The van der Waals surface area contributed by atoms with Crippen molar-refractivity contribution in [3.8, 4) is 11.3 Å². The van der Waals surface area contributed by atoms with Crippen molar-refractivity contribution in [1.29, 1.82) is 0 Å². The van der Waals surface area contributed by atoms with Crippen LogP contribution in [0.2, 0.25) is 0 Å². The van der Waals surface area contributed by atoms with E-state index in [9.17, 15) is 0 Å². The topological polar surface area (TPSA) is 98.4 Å². The van der Waals surface area contributed by atoms with Gasteiger partial charge in [-0.2, -0.15) is 5.10 Å². The average Bonchev–Trinajstić information content (AvgIpc) is 3.08. The van der Waals surface area contributed by atoms with Crippen molar-refractivity contribution in [2.75, 3.05) is 11.1 Å². The second-order valence-electron chi connectivity index (χ2n) is 6.42. The number of aryl methyl sites for hydroxylation is 1. The molecule has 4 rings (SSSR count). The number of imidazole rings is 1. The molecule has 0 fully saturated rings. The van der Waals surface area contributed by atoms with Gasteiger partial charge in [-0.05, 0) is 19.9 Å². The first-order valence-corrected chi connectivity index (χ1v) is 8.73. The third-order valence-electron chi connectivity index (χ3n) is 4.52. The number of rotatable bonds is 4. The molecule has 138 valence electrons. The first-order chi connectivity index (χ1) is 13.6. The Morgan fingerprint density at radius 3 is 2.71 bits per heavy atom. The summed E-state index contributed by atoms with van der Waals surface area (Å²) in [6.45, 7) is 11.3. The van der Waals surface area contributed by atoms with Crippen molar-refractivity contribution < 1.29 is 0 Å². The number of nitrogens with two attached hydrogens (primary N) is 1. The summed E-state index contributed by atoms with van der Waals surface area (Å²) < 4.78 is 1.83. The summed E-state index contributed by atoms with van der Waals surface area (Å²) >= 11 is 0. The van der Waals surface area contributed by atoms with Crippen LogP contribution in [0.4, 0.5) is 17.3 Å². The summed E-state index contributed by atoms with van der Waals surface area (Å²) in [5.74, 6) is 0.550. The summed E-state index contributed by atoms with van der Waals surface area (Å²) in [6.07, 6.45) is 3.14. The maximum Gasteiger partial charge on any atom is 0.268 e. The van der Waals surface area contributed by atoms with Gasteiger partial charge >= 0.3 is 0 Å². The van der Waals surface area contributed by atoms with Gasteiger partial charge in [-0.3, -0.25) is 0 Å². The Hall–Kier alpha value is -3.99. The summed E-state index contributed by atoms with van der Waals surface area (Å²) in [4.78, 5) is 16.0. The first-order valence-electron chi connectivity index (χ1n) is 8.73. The highest BCUT2D eigenvalue weighted by Crippen LogP contribution is 2.33. The Labute approximate surface area is 161 Å². The van der Waals surface area contributed by atoms with Crippen molar-refractivity contribution in [3.63, 3.8) is 0 Å². The molecule has 0 aliphatic carbocycles. The van der Waals surface area contributed by atoms with E-state index in [1.807, 2.05) is 54.8 Å². The van der Waals surface area contributed by atoms with Crippen LogP contribution in [-0.4, -0.2) is 24.6 Å². The zero-order valence-corrected chi connectivity index (χ0v) is 15.5. The van der Waals surface area contributed by atoms with Gasteiger partial charge in [0.25, 0.3) is 5.69 Å². The second-order valence-corrected chi connectivity index (χ2v) is 6.42. The van der Waals surface area contributed by atoms with Crippen molar-refractivity contribution in [2.24, 2.45) is 0 Å². The van der Waals surface area contributed by atoms with E-state index in [2.05, 4.69) is 25.1 Å². The van der Waals surface area contributed by atoms with Crippen molar-refractivity contribution in [3.05, 3.63) is 71.6 Å². The van der Waals surface area contributed by atoms with E-state index in [0.717, 1.165) is 28.2 Å². The van der Waals surface area contributed by atoms with Gasteiger partial charge in [0.05, 0.1) is 30.2 Å². The first kappa shape index (κ1) is 17.4. The van der Waals surface area contributed by atoms with Gasteiger partial charge < -0.3 is 11.1 Å². The molecule has 8 heteroatoms. The van der Waals surface area contributed by atoms with Crippen molar-refractivity contribution >= 4 is 23.0 Å². The molecule has 0 saturated heterocycles. The number of hydrogen-bond acceptors (Lipinski definition) is 6. The van der Waals surface area contributed by atoms with Crippen LogP contribution in [0.5, 0.6) is 0 Å². The number of benzene rings is 1. The van der Waals surface area contributed by atoms with Crippen LogP contribution in [0.1, 0.15) is 24.2 Å². The van der Waals surface area contributed by atoms with Gasteiger partial charge in [0, 0.05) is 11.1 Å². The van der Waals surface area contributed by atoms with Crippen molar-refractivity contribution in [1.82, 2.24) is 24.6 Å². The van der Waals surface area contributed by atoms with Gasteiger partial charge in [0.1, 0.15) is 18.0 Å². The molecule has 0 radical (unpaired) electrons. The minimum atomic E-state index is -0.195. The van der Waals surface area contributed by atoms with Crippen molar-refractivity contribution in [2.45, 2.75) is 19.9 Å². The smallest absolute Gasteiger partial charge is 0.268 e. The second kappa shape index (κ2) is 6.96. The number of hydrogen-bond donors (Lipinski definition) is 2. The Morgan fingerprint density at radius 2 is 1.96 bits per heavy atom. The van der Waals surface area contributed by atoms with E-state index in [-0.39, 0.29) is 17.5 Å². The third-order valence-corrected chi connectivity index (χ3v) is 4.52. The molecule has 28 heavy (non-hydrogen) atoms. The molecule has 0 aliphatic rings. The molecule has 1 aromatic carbocycles. The van der Waals surface area contributed by atoms with E-state index in [0.29, 0.717) is 5.82 Å². The summed E-state index contributed by atoms with van der Waals surface area (Å²) in [5, 5.41) is 8.10. The quantitative estimate of drug-likeness (QED) is 0.530. The highest BCUT2D eigenvalue weighted by atomic mass is 15.3. The molecule has 0 spiro atoms. The maximum absolute atomic E-state index is 7.36. The maximum atomic E-state index is 7.36. The van der Waals surface area contributed by atoms with Crippen LogP contribution < -0.4 is 11.1 Å². The largest absolute Gasteiger partial charge is 0.392 e.